The maximum Gasteiger partial charge on any atom is 0.330 e. The summed E-state index contributed by atoms with van der Waals surface area (Å²) >= 11 is 1.40. The molecular formula is C21H19N3O7S. The summed E-state index contributed by atoms with van der Waals surface area (Å²) in [5.41, 5.74) is 0.549. The molecule has 2 aromatic carbocycles. The maximum absolute atomic E-state index is 12.5. The molecule has 0 aliphatic carbocycles. The number of carbonyl (C=O) groups excluding carboxylic acids is 3. The van der Waals surface area contributed by atoms with Gasteiger partial charge in [-0.25, -0.2) is 4.79 Å². The van der Waals surface area contributed by atoms with Gasteiger partial charge in [-0.1, -0.05) is 18.2 Å². The second-order valence-corrected chi connectivity index (χ2v) is 8.31. The summed E-state index contributed by atoms with van der Waals surface area (Å²) in [5, 5.41) is 13.0. The molecule has 1 unspecified atom stereocenters. The van der Waals surface area contributed by atoms with Gasteiger partial charge in [0.2, 0.25) is 5.91 Å². The van der Waals surface area contributed by atoms with Gasteiger partial charge in [-0.05, 0) is 29.8 Å². The molecule has 2 aromatic rings. The summed E-state index contributed by atoms with van der Waals surface area (Å²) in [6, 6.07) is 13.1. The van der Waals surface area contributed by atoms with Crippen molar-refractivity contribution in [3.05, 3.63) is 70.3 Å². The molecule has 3 atom stereocenters. The summed E-state index contributed by atoms with van der Waals surface area (Å²) in [7, 11) is 0. The number of para-hydroxylation sites is 1. The van der Waals surface area contributed by atoms with Gasteiger partial charge in [-0.15, -0.1) is 11.8 Å². The zero-order valence-electron chi connectivity index (χ0n) is 16.7. The van der Waals surface area contributed by atoms with E-state index in [9.17, 15) is 24.5 Å². The summed E-state index contributed by atoms with van der Waals surface area (Å²) in [6.07, 6.45) is 0. The van der Waals surface area contributed by atoms with Crippen LogP contribution < -0.4 is 10.1 Å². The average Bonchev–Trinajstić information content (AvgIpc) is 3.21. The highest BCUT2D eigenvalue weighted by molar-refractivity contribution is 8.00. The molecule has 2 fully saturated rings. The molecule has 32 heavy (non-hydrogen) atoms. The van der Waals surface area contributed by atoms with Crippen molar-refractivity contribution in [2.24, 2.45) is 0 Å². The minimum absolute atomic E-state index is 0.0523. The lowest BCUT2D eigenvalue weighted by atomic mass is 10.0. The number of benzene rings is 2. The Hall–Kier alpha value is -3.60. The van der Waals surface area contributed by atoms with Crippen molar-refractivity contribution in [1.29, 1.82) is 0 Å². The minimum atomic E-state index is -0.732. The Morgan fingerprint density at radius 1 is 1.16 bits per heavy atom. The Kier molecular flexibility index (Phi) is 6.26. The smallest absolute Gasteiger partial charge is 0.330 e. The number of nitrogens with zero attached hydrogens (tertiary/aromatic N) is 2. The number of carbonyl (C=O) groups is 3. The SMILES string of the molecule is O=C(COc1ccccc1)N[C@@H]1C(=O)N2C(C(=O)OCc3ccc([N+](=O)[O-])cc3)CS[C@H]12. The number of amides is 2. The average molecular weight is 457 g/mol. The third-order valence-electron chi connectivity index (χ3n) is 5.07. The van der Waals surface area contributed by atoms with Crippen LogP contribution in [0.4, 0.5) is 5.69 Å². The molecule has 2 saturated heterocycles. The molecule has 0 bridgehead atoms. The Morgan fingerprint density at radius 2 is 1.88 bits per heavy atom. The fraction of sp³-hybridized carbons (Fsp3) is 0.286. The van der Waals surface area contributed by atoms with E-state index in [0.717, 1.165) is 0 Å². The van der Waals surface area contributed by atoms with E-state index in [-0.39, 0.29) is 30.2 Å². The number of thioether (sulfide) groups is 1. The van der Waals surface area contributed by atoms with Crippen molar-refractivity contribution in [2.75, 3.05) is 12.4 Å². The van der Waals surface area contributed by atoms with Crippen molar-refractivity contribution >= 4 is 35.2 Å². The van der Waals surface area contributed by atoms with Gasteiger partial charge in [0.15, 0.2) is 6.61 Å². The first-order valence-electron chi connectivity index (χ1n) is 9.75. The molecule has 2 aliphatic heterocycles. The zero-order chi connectivity index (χ0) is 22.7. The first-order chi connectivity index (χ1) is 15.4. The summed E-state index contributed by atoms with van der Waals surface area (Å²) in [6.45, 7) is -0.270. The normalized spacial score (nSPS) is 21.3. The molecule has 11 heteroatoms. The number of ether oxygens (including phenoxy) is 2. The second-order valence-electron chi connectivity index (χ2n) is 7.16. The topological polar surface area (TPSA) is 128 Å². The fourth-order valence-electron chi connectivity index (χ4n) is 3.42. The van der Waals surface area contributed by atoms with Gasteiger partial charge in [-0.2, -0.15) is 0 Å². The number of hydrogen-bond acceptors (Lipinski definition) is 8. The van der Waals surface area contributed by atoms with Crippen LogP contribution >= 0.6 is 11.8 Å². The van der Waals surface area contributed by atoms with Crippen LogP contribution in [-0.4, -0.2) is 57.4 Å². The van der Waals surface area contributed by atoms with Crippen LogP contribution in [0.5, 0.6) is 5.75 Å². The highest BCUT2D eigenvalue weighted by Gasteiger charge is 2.57. The number of nitrogens with one attached hydrogen (secondary N) is 1. The Balaban J connectivity index is 1.25. The van der Waals surface area contributed by atoms with E-state index in [2.05, 4.69) is 5.32 Å². The van der Waals surface area contributed by atoms with Crippen molar-refractivity contribution in [3.63, 3.8) is 0 Å². The number of β-lactam (4-membered cyclic amide) rings is 1. The number of hydrogen-bond donors (Lipinski definition) is 1. The first-order valence-corrected chi connectivity index (χ1v) is 10.8. The molecule has 4 rings (SSSR count). The highest BCUT2D eigenvalue weighted by atomic mass is 32.2. The Morgan fingerprint density at radius 3 is 2.56 bits per heavy atom. The summed E-state index contributed by atoms with van der Waals surface area (Å²) in [5.74, 6) is -0.399. The number of esters is 1. The zero-order valence-corrected chi connectivity index (χ0v) is 17.5. The van der Waals surface area contributed by atoms with Gasteiger partial charge in [0.25, 0.3) is 11.6 Å². The molecule has 0 spiro atoms. The molecule has 0 aromatic heterocycles. The van der Waals surface area contributed by atoms with Gasteiger partial charge in [-0.3, -0.25) is 19.7 Å². The molecule has 166 valence electrons. The monoisotopic (exact) mass is 457 g/mol. The fourth-order valence-corrected chi connectivity index (χ4v) is 4.89. The Labute approximate surface area is 187 Å². The number of rotatable bonds is 8. The number of non-ortho nitro benzene ring substituents is 1. The van der Waals surface area contributed by atoms with E-state index in [1.54, 1.807) is 24.3 Å². The van der Waals surface area contributed by atoms with Crippen LogP contribution in [0.2, 0.25) is 0 Å². The molecule has 10 nitrogen and oxygen atoms in total. The van der Waals surface area contributed by atoms with E-state index in [0.29, 0.717) is 17.1 Å². The Bertz CT molecular complexity index is 1030. The van der Waals surface area contributed by atoms with Crippen molar-refractivity contribution in [1.82, 2.24) is 10.2 Å². The van der Waals surface area contributed by atoms with Crippen LogP contribution in [-0.2, 0) is 25.7 Å². The van der Waals surface area contributed by atoms with E-state index in [1.165, 1.54) is 40.9 Å². The maximum atomic E-state index is 12.5. The molecule has 2 amide bonds. The standard InChI is InChI=1S/C21H19N3O7S/c25-17(11-30-15-4-2-1-3-5-15)22-18-19(26)23-16(12-32-20(18)23)21(27)31-10-13-6-8-14(9-7-13)24(28)29/h1-9,16,18,20H,10-12H2,(H,22,25)/t16?,18-,20-/m1/s1. The van der Waals surface area contributed by atoms with Gasteiger partial charge < -0.3 is 19.7 Å². The summed E-state index contributed by atoms with van der Waals surface area (Å²) in [4.78, 5) is 48.8. The van der Waals surface area contributed by atoms with E-state index in [1.807, 2.05) is 6.07 Å². The van der Waals surface area contributed by atoms with E-state index < -0.39 is 28.9 Å². The van der Waals surface area contributed by atoms with Gasteiger partial charge in [0, 0.05) is 17.9 Å². The van der Waals surface area contributed by atoms with Crippen LogP contribution in [0.1, 0.15) is 5.56 Å². The van der Waals surface area contributed by atoms with Gasteiger partial charge >= 0.3 is 5.97 Å². The first kappa shape index (κ1) is 21.6. The van der Waals surface area contributed by atoms with Crippen LogP contribution in [0.25, 0.3) is 0 Å². The molecule has 2 aliphatic rings. The predicted molar refractivity (Wildman–Crippen MR) is 114 cm³/mol. The lowest BCUT2D eigenvalue weighted by molar-refractivity contribution is -0.384. The number of fused-ring (bicyclic) bond motifs is 1. The molecule has 0 radical (unpaired) electrons. The largest absolute Gasteiger partial charge is 0.484 e. The van der Waals surface area contributed by atoms with Crippen LogP contribution in [0.3, 0.4) is 0 Å². The van der Waals surface area contributed by atoms with Crippen LogP contribution in [0, 0.1) is 10.1 Å². The summed E-state index contributed by atoms with van der Waals surface area (Å²) < 4.78 is 10.7. The molecular weight excluding hydrogens is 438 g/mol. The van der Waals surface area contributed by atoms with E-state index >= 15 is 0 Å². The lowest BCUT2D eigenvalue weighted by Crippen LogP contribution is -2.70. The third-order valence-corrected chi connectivity index (χ3v) is 6.42. The molecule has 1 N–H and O–H groups in total. The second kappa shape index (κ2) is 9.27. The molecule has 0 saturated carbocycles. The van der Waals surface area contributed by atoms with Crippen molar-refractivity contribution in [3.8, 4) is 5.75 Å². The lowest BCUT2D eigenvalue weighted by Gasteiger charge is -2.43. The van der Waals surface area contributed by atoms with Crippen molar-refractivity contribution in [2.45, 2.75) is 24.1 Å². The quantitative estimate of drug-likeness (QED) is 0.273. The van der Waals surface area contributed by atoms with Gasteiger partial charge in [0.05, 0.1) is 4.92 Å². The molecule has 2 heterocycles. The minimum Gasteiger partial charge on any atom is -0.484 e. The number of nitro benzene ring substituents is 1. The van der Waals surface area contributed by atoms with Gasteiger partial charge in [0.1, 0.15) is 29.8 Å². The number of nitro groups is 1. The predicted octanol–water partition coefficient (Wildman–Crippen LogP) is 1.49. The van der Waals surface area contributed by atoms with Crippen LogP contribution in [0.15, 0.2) is 54.6 Å². The third kappa shape index (κ3) is 4.52. The van der Waals surface area contributed by atoms with Crippen molar-refractivity contribution < 1.29 is 28.8 Å². The highest BCUT2D eigenvalue weighted by Crippen LogP contribution is 2.40. The van der Waals surface area contributed by atoms with E-state index in [4.69, 9.17) is 9.47 Å².